The van der Waals surface area contributed by atoms with Crippen LogP contribution in [-0.2, 0) is 6.54 Å². The SMILES string of the molecule is O=C(NCc1ccc(-c2nc3cnc(Cl)cc3o2)cc1)c1ccc2nccn2c1. The molecule has 5 aromatic rings. The van der Waals surface area contributed by atoms with Gasteiger partial charge < -0.3 is 14.1 Å². The van der Waals surface area contributed by atoms with Crippen LogP contribution < -0.4 is 5.32 Å². The molecule has 0 saturated carbocycles. The van der Waals surface area contributed by atoms with Crippen LogP contribution in [0, 0.1) is 0 Å². The third-order valence-electron chi connectivity index (χ3n) is 4.55. The minimum atomic E-state index is -0.145. The number of rotatable bonds is 4. The average Bonchev–Trinajstić information content (AvgIpc) is 3.38. The lowest BCUT2D eigenvalue weighted by Gasteiger charge is -2.06. The monoisotopic (exact) mass is 403 g/mol. The molecule has 29 heavy (non-hydrogen) atoms. The highest BCUT2D eigenvalue weighted by Gasteiger charge is 2.10. The van der Waals surface area contributed by atoms with Gasteiger partial charge in [-0.3, -0.25) is 4.79 Å². The number of pyridine rings is 2. The van der Waals surface area contributed by atoms with Crippen LogP contribution in [0.5, 0.6) is 0 Å². The molecule has 0 fully saturated rings. The Morgan fingerprint density at radius 1 is 1.14 bits per heavy atom. The number of carbonyl (C=O) groups is 1. The highest BCUT2D eigenvalue weighted by atomic mass is 35.5. The normalized spacial score (nSPS) is 11.2. The molecular weight excluding hydrogens is 390 g/mol. The molecule has 0 bridgehead atoms. The fraction of sp³-hybridized carbons (Fsp3) is 0.0476. The van der Waals surface area contributed by atoms with E-state index in [1.807, 2.05) is 34.7 Å². The highest BCUT2D eigenvalue weighted by Crippen LogP contribution is 2.25. The molecule has 142 valence electrons. The van der Waals surface area contributed by atoms with Gasteiger partial charge in [-0.05, 0) is 29.8 Å². The van der Waals surface area contributed by atoms with Crippen LogP contribution in [0.1, 0.15) is 15.9 Å². The number of carbonyl (C=O) groups excluding carboxylic acids is 1. The zero-order chi connectivity index (χ0) is 19.8. The van der Waals surface area contributed by atoms with E-state index in [-0.39, 0.29) is 5.91 Å². The molecule has 0 radical (unpaired) electrons. The first-order chi connectivity index (χ1) is 14.2. The fourth-order valence-electron chi connectivity index (χ4n) is 3.04. The second-order valence-electron chi connectivity index (χ2n) is 6.48. The summed E-state index contributed by atoms with van der Waals surface area (Å²) in [6, 6.07) is 12.9. The summed E-state index contributed by atoms with van der Waals surface area (Å²) < 4.78 is 7.56. The number of halogens is 1. The third kappa shape index (κ3) is 3.43. The Bertz CT molecular complexity index is 1340. The van der Waals surface area contributed by atoms with Crippen molar-refractivity contribution in [1.29, 1.82) is 0 Å². The van der Waals surface area contributed by atoms with Crippen LogP contribution in [0.4, 0.5) is 0 Å². The Labute approximate surface area is 170 Å². The summed E-state index contributed by atoms with van der Waals surface area (Å²) in [7, 11) is 0. The van der Waals surface area contributed by atoms with Crippen LogP contribution in [0.25, 0.3) is 28.2 Å². The Kier molecular flexibility index (Phi) is 4.22. The topological polar surface area (TPSA) is 85.3 Å². The molecular formula is C21H14ClN5O2. The Balaban J connectivity index is 1.29. The Morgan fingerprint density at radius 2 is 2.00 bits per heavy atom. The number of hydrogen-bond acceptors (Lipinski definition) is 5. The maximum atomic E-state index is 12.4. The number of fused-ring (bicyclic) bond motifs is 2. The van der Waals surface area contributed by atoms with Crippen molar-refractivity contribution in [3.63, 3.8) is 0 Å². The molecule has 0 saturated heterocycles. The van der Waals surface area contributed by atoms with E-state index in [1.165, 1.54) is 0 Å². The minimum absolute atomic E-state index is 0.145. The predicted octanol–water partition coefficient (Wildman–Crippen LogP) is 4.12. The minimum Gasteiger partial charge on any atom is -0.436 e. The second kappa shape index (κ2) is 7.03. The van der Waals surface area contributed by atoms with Crippen molar-refractivity contribution in [2.75, 3.05) is 0 Å². The Morgan fingerprint density at radius 3 is 2.86 bits per heavy atom. The summed E-state index contributed by atoms with van der Waals surface area (Å²) in [4.78, 5) is 25.0. The van der Waals surface area contributed by atoms with E-state index in [0.717, 1.165) is 16.8 Å². The molecule has 0 aliphatic heterocycles. The largest absolute Gasteiger partial charge is 0.436 e. The molecule has 0 aliphatic carbocycles. The van der Waals surface area contributed by atoms with Crippen LogP contribution in [0.15, 0.2) is 71.7 Å². The number of aromatic nitrogens is 4. The van der Waals surface area contributed by atoms with Crippen LogP contribution in [0.2, 0.25) is 5.15 Å². The number of benzene rings is 1. The second-order valence-corrected chi connectivity index (χ2v) is 6.87. The molecule has 4 aromatic heterocycles. The van der Waals surface area contributed by atoms with Crippen molar-refractivity contribution < 1.29 is 9.21 Å². The van der Waals surface area contributed by atoms with E-state index in [4.69, 9.17) is 16.0 Å². The molecule has 7 nitrogen and oxygen atoms in total. The standard InChI is InChI=1S/C21H14ClN5O2/c22-18-9-17-16(11-24-18)26-21(29-17)14-3-1-13(2-4-14)10-25-20(28)15-5-6-19-23-7-8-27(19)12-15/h1-9,11-12H,10H2,(H,25,28). The summed E-state index contributed by atoms with van der Waals surface area (Å²) in [6.45, 7) is 0.411. The van der Waals surface area contributed by atoms with Gasteiger partial charge in [0.25, 0.3) is 5.91 Å². The first-order valence-electron chi connectivity index (χ1n) is 8.88. The summed E-state index contributed by atoms with van der Waals surface area (Å²) >= 11 is 5.88. The number of nitrogens with zero attached hydrogens (tertiary/aromatic N) is 4. The van der Waals surface area contributed by atoms with E-state index in [1.54, 1.807) is 36.9 Å². The van der Waals surface area contributed by atoms with Crippen molar-refractivity contribution in [1.82, 2.24) is 24.7 Å². The summed E-state index contributed by atoms with van der Waals surface area (Å²) in [5, 5.41) is 3.28. The number of hydrogen-bond donors (Lipinski definition) is 1. The summed E-state index contributed by atoms with van der Waals surface area (Å²) in [5.41, 5.74) is 4.41. The van der Waals surface area contributed by atoms with Gasteiger partial charge in [-0.1, -0.05) is 23.7 Å². The molecule has 4 heterocycles. The third-order valence-corrected chi connectivity index (χ3v) is 4.75. The lowest BCUT2D eigenvalue weighted by molar-refractivity contribution is 0.0950. The summed E-state index contributed by atoms with van der Waals surface area (Å²) in [6.07, 6.45) is 6.84. The average molecular weight is 404 g/mol. The van der Waals surface area contributed by atoms with E-state index in [9.17, 15) is 4.79 Å². The fourth-order valence-corrected chi connectivity index (χ4v) is 3.18. The molecule has 5 rings (SSSR count). The van der Waals surface area contributed by atoms with Gasteiger partial charge in [-0.25, -0.2) is 15.0 Å². The van der Waals surface area contributed by atoms with E-state index < -0.39 is 0 Å². The summed E-state index contributed by atoms with van der Waals surface area (Å²) in [5.74, 6) is 0.348. The number of amides is 1. The van der Waals surface area contributed by atoms with Gasteiger partial charge in [-0.2, -0.15) is 0 Å². The first kappa shape index (κ1) is 17.4. The van der Waals surface area contributed by atoms with Gasteiger partial charge >= 0.3 is 0 Å². The molecule has 1 aromatic carbocycles. The van der Waals surface area contributed by atoms with Crippen molar-refractivity contribution >= 4 is 34.3 Å². The molecule has 0 spiro atoms. The molecule has 0 aliphatic rings. The van der Waals surface area contributed by atoms with Gasteiger partial charge in [0, 0.05) is 36.8 Å². The van der Waals surface area contributed by atoms with E-state index in [2.05, 4.69) is 20.3 Å². The van der Waals surface area contributed by atoms with Crippen molar-refractivity contribution in [2.24, 2.45) is 0 Å². The zero-order valence-corrected chi connectivity index (χ0v) is 15.8. The van der Waals surface area contributed by atoms with Crippen molar-refractivity contribution in [2.45, 2.75) is 6.54 Å². The van der Waals surface area contributed by atoms with Gasteiger partial charge in [0.15, 0.2) is 5.58 Å². The van der Waals surface area contributed by atoms with Crippen LogP contribution >= 0.6 is 11.6 Å². The van der Waals surface area contributed by atoms with Gasteiger partial charge in [-0.15, -0.1) is 0 Å². The molecule has 1 amide bonds. The lowest BCUT2D eigenvalue weighted by atomic mass is 10.1. The Hall–Kier alpha value is -3.71. The van der Waals surface area contributed by atoms with Gasteiger partial charge in [0.05, 0.1) is 11.8 Å². The molecule has 0 unspecified atom stereocenters. The van der Waals surface area contributed by atoms with Gasteiger partial charge in [0.1, 0.15) is 16.3 Å². The zero-order valence-electron chi connectivity index (χ0n) is 15.0. The maximum absolute atomic E-state index is 12.4. The van der Waals surface area contributed by atoms with Gasteiger partial charge in [0.2, 0.25) is 5.89 Å². The lowest BCUT2D eigenvalue weighted by Crippen LogP contribution is -2.23. The van der Waals surface area contributed by atoms with Crippen molar-refractivity contribution in [3.8, 4) is 11.5 Å². The smallest absolute Gasteiger partial charge is 0.253 e. The molecule has 8 heteroatoms. The van der Waals surface area contributed by atoms with E-state index in [0.29, 0.717) is 34.3 Å². The number of oxazole rings is 1. The van der Waals surface area contributed by atoms with Crippen LogP contribution in [-0.4, -0.2) is 25.3 Å². The number of nitrogens with one attached hydrogen (secondary N) is 1. The maximum Gasteiger partial charge on any atom is 0.253 e. The van der Waals surface area contributed by atoms with Crippen molar-refractivity contribution in [3.05, 3.63) is 83.5 Å². The highest BCUT2D eigenvalue weighted by molar-refractivity contribution is 6.29. The number of imidazole rings is 1. The van der Waals surface area contributed by atoms with E-state index >= 15 is 0 Å². The molecule has 1 N–H and O–H groups in total. The molecule has 0 atom stereocenters. The first-order valence-corrected chi connectivity index (χ1v) is 9.26. The predicted molar refractivity (Wildman–Crippen MR) is 109 cm³/mol. The quantitative estimate of drug-likeness (QED) is 0.456. The van der Waals surface area contributed by atoms with Crippen LogP contribution in [0.3, 0.4) is 0 Å².